The van der Waals surface area contributed by atoms with Gasteiger partial charge in [-0.15, -0.1) is 0 Å². The van der Waals surface area contributed by atoms with E-state index in [2.05, 4.69) is 5.32 Å². The van der Waals surface area contributed by atoms with E-state index in [1.54, 1.807) is 0 Å². The van der Waals surface area contributed by atoms with Gasteiger partial charge in [-0.2, -0.15) is 0 Å². The molecule has 128 valence electrons. The number of esters is 1. The van der Waals surface area contributed by atoms with E-state index >= 15 is 0 Å². The van der Waals surface area contributed by atoms with Crippen LogP contribution in [0.25, 0.3) is 0 Å². The van der Waals surface area contributed by atoms with Gasteiger partial charge in [0.1, 0.15) is 13.2 Å². The summed E-state index contributed by atoms with van der Waals surface area (Å²) in [5, 5.41) is 2.76. The Labute approximate surface area is 138 Å². The SMILES string of the molecule is CCCCC(=O)OCC(NC(=O)OCc1ccccc1)C(C)C. The van der Waals surface area contributed by atoms with Crippen molar-refractivity contribution in [3.8, 4) is 0 Å². The summed E-state index contributed by atoms with van der Waals surface area (Å²) in [5.74, 6) is -0.0878. The molecule has 0 spiro atoms. The molecule has 0 saturated carbocycles. The summed E-state index contributed by atoms with van der Waals surface area (Å²) in [5.41, 5.74) is 0.926. The van der Waals surface area contributed by atoms with Crippen LogP contribution in [0.3, 0.4) is 0 Å². The largest absolute Gasteiger partial charge is 0.463 e. The second-order valence-corrected chi connectivity index (χ2v) is 5.84. The van der Waals surface area contributed by atoms with Crippen LogP contribution in [0, 0.1) is 5.92 Å². The second kappa shape index (κ2) is 10.6. The molecule has 0 aliphatic heterocycles. The van der Waals surface area contributed by atoms with Gasteiger partial charge in [-0.1, -0.05) is 57.5 Å². The van der Waals surface area contributed by atoms with Gasteiger partial charge in [-0.05, 0) is 17.9 Å². The topological polar surface area (TPSA) is 64.6 Å². The van der Waals surface area contributed by atoms with Gasteiger partial charge in [0.05, 0.1) is 6.04 Å². The molecule has 0 radical (unpaired) electrons. The summed E-state index contributed by atoms with van der Waals surface area (Å²) < 4.78 is 10.4. The van der Waals surface area contributed by atoms with Crippen molar-refractivity contribution in [2.45, 2.75) is 52.7 Å². The van der Waals surface area contributed by atoms with Crippen LogP contribution in [-0.4, -0.2) is 24.7 Å². The zero-order valence-electron chi connectivity index (χ0n) is 14.2. The van der Waals surface area contributed by atoms with Crippen LogP contribution in [0.4, 0.5) is 4.79 Å². The van der Waals surface area contributed by atoms with Gasteiger partial charge >= 0.3 is 12.1 Å². The van der Waals surface area contributed by atoms with Gasteiger partial charge in [0.25, 0.3) is 0 Å². The lowest BCUT2D eigenvalue weighted by Crippen LogP contribution is -2.42. The molecule has 1 rings (SSSR count). The van der Waals surface area contributed by atoms with E-state index in [-0.39, 0.29) is 31.1 Å². The molecule has 0 aromatic heterocycles. The highest BCUT2D eigenvalue weighted by Gasteiger charge is 2.19. The van der Waals surface area contributed by atoms with Gasteiger partial charge < -0.3 is 14.8 Å². The van der Waals surface area contributed by atoms with Crippen molar-refractivity contribution < 1.29 is 19.1 Å². The van der Waals surface area contributed by atoms with Crippen LogP contribution >= 0.6 is 0 Å². The first-order valence-electron chi connectivity index (χ1n) is 8.15. The van der Waals surface area contributed by atoms with Crippen molar-refractivity contribution in [1.29, 1.82) is 0 Å². The Balaban J connectivity index is 2.36. The predicted molar refractivity (Wildman–Crippen MR) is 88.9 cm³/mol. The lowest BCUT2D eigenvalue weighted by Gasteiger charge is -2.21. The third-order valence-corrected chi connectivity index (χ3v) is 3.48. The van der Waals surface area contributed by atoms with Gasteiger partial charge in [-0.25, -0.2) is 4.79 Å². The van der Waals surface area contributed by atoms with E-state index in [1.807, 2.05) is 51.1 Å². The molecule has 1 aromatic rings. The molecule has 0 fully saturated rings. The molecule has 0 aliphatic carbocycles. The van der Waals surface area contributed by atoms with Crippen molar-refractivity contribution in [2.75, 3.05) is 6.61 Å². The minimum Gasteiger partial charge on any atom is -0.463 e. The minimum absolute atomic E-state index is 0.137. The maximum atomic E-state index is 11.9. The van der Waals surface area contributed by atoms with Crippen LogP contribution in [0.1, 0.15) is 45.6 Å². The van der Waals surface area contributed by atoms with Crippen LogP contribution in [-0.2, 0) is 20.9 Å². The minimum atomic E-state index is -0.503. The number of carbonyl (C=O) groups is 2. The standard InChI is InChI=1S/C18H27NO4/c1-4-5-11-17(20)22-13-16(14(2)3)19-18(21)23-12-15-9-7-6-8-10-15/h6-10,14,16H,4-5,11-13H2,1-3H3,(H,19,21). The Morgan fingerprint density at radius 2 is 1.83 bits per heavy atom. The first kappa shape index (κ1) is 19.0. The number of benzene rings is 1. The van der Waals surface area contributed by atoms with E-state index in [9.17, 15) is 9.59 Å². The first-order valence-corrected chi connectivity index (χ1v) is 8.15. The molecule has 1 N–H and O–H groups in total. The Bertz CT molecular complexity index is 473. The summed E-state index contributed by atoms with van der Waals surface area (Å²) in [6, 6.07) is 9.22. The summed E-state index contributed by atoms with van der Waals surface area (Å²) in [7, 11) is 0. The van der Waals surface area contributed by atoms with Crippen molar-refractivity contribution in [3.63, 3.8) is 0 Å². The molecule has 0 bridgehead atoms. The van der Waals surface area contributed by atoms with Gasteiger partial charge in [0.2, 0.25) is 0 Å². The number of nitrogens with one attached hydrogen (secondary N) is 1. The molecule has 23 heavy (non-hydrogen) atoms. The molecule has 0 heterocycles. The van der Waals surface area contributed by atoms with E-state index in [1.165, 1.54) is 0 Å². The number of hydrogen-bond donors (Lipinski definition) is 1. The van der Waals surface area contributed by atoms with Crippen LogP contribution in [0.15, 0.2) is 30.3 Å². The lowest BCUT2D eigenvalue weighted by molar-refractivity contribution is -0.144. The molecule has 5 heteroatoms. The quantitative estimate of drug-likeness (QED) is 0.705. The normalized spacial score (nSPS) is 11.8. The predicted octanol–water partition coefficient (Wildman–Crippen LogP) is 3.67. The molecule has 1 unspecified atom stereocenters. The zero-order valence-corrected chi connectivity index (χ0v) is 14.2. The molecule has 1 aromatic carbocycles. The van der Waals surface area contributed by atoms with Crippen molar-refractivity contribution >= 4 is 12.1 Å². The Morgan fingerprint density at radius 1 is 1.13 bits per heavy atom. The smallest absolute Gasteiger partial charge is 0.407 e. The third kappa shape index (κ3) is 8.24. The third-order valence-electron chi connectivity index (χ3n) is 3.48. The Hall–Kier alpha value is -2.04. The van der Waals surface area contributed by atoms with Crippen molar-refractivity contribution in [3.05, 3.63) is 35.9 Å². The highest BCUT2D eigenvalue weighted by molar-refractivity contribution is 5.70. The number of carbonyl (C=O) groups excluding carboxylic acids is 2. The number of ether oxygens (including phenoxy) is 2. The monoisotopic (exact) mass is 321 g/mol. The van der Waals surface area contributed by atoms with E-state index in [0.29, 0.717) is 6.42 Å². The average Bonchev–Trinajstić information content (AvgIpc) is 2.55. The highest BCUT2D eigenvalue weighted by atomic mass is 16.6. The zero-order chi connectivity index (χ0) is 17.1. The van der Waals surface area contributed by atoms with E-state index in [4.69, 9.17) is 9.47 Å². The first-order chi connectivity index (χ1) is 11.0. The molecule has 0 aliphatic rings. The fraction of sp³-hybridized carbons (Fsp3) is 0.556. The van der Waals surface area contributed by atoms with Crippen LogP contribution in [0.5, 0.6) is 0 Å². The molecule has 1 amide bonds. The van der Waals surface area contributed by atoms with Crippen molar-refractivity contribution in [1.82, 2.24) is 5.32 Å². The molecular weight excluding hydrogens is 294 g/mol. The summed E-state index contributed by atoms with van der Waals surface area (Å²) in [4.78, 5) is 23.4. The van der Waals surface area contributed by atoms with Gasteiger partial charge in [-0.3, -0.25) is 4.79 Å². The number of rotatable bonds is 9. The second-order valence-electron chi connectivity index (χ2n) is 5.84. The molecular formula is C18H27NO4. The number of unbranched alkanes of at least 4 members (excludes halogenated alkanes) is 1. The fourth-order valence-electron chi connectivity index (χ4n) is 1.89. The summed E-state index contributed by atoms with van der Waals surface area (Å²) >= 11 is 0. The summed E-state index contributed by atoms with van der Waals surface area (Å²) in [6.07, 6.45) is 1.68. The van der Waals surface area contributed by atoms with Gasteiger partial charge in [0.15, 0.2) is 0 Å². The molecule has 1 atom stereocenters. The number of hydrogen-bond acceptors (Lipinski definition) is 4. The Kier molecular flexibility index (Phi) is 8.80. The summed E-state index contributed by atoms with van der Waals surface area (Å²) in [6.45, 7) is 6.33. The van der Waals surface area contributed by atoms with Crippen LogP contribution < -0.4 is 5.32 Å². The number of alkyl carbamates (subject to hydrolysis) is 1. The average molecular weight is 321 g/mol. The fourth-order valence-corrected chi connectivity index (χ4v) is 1.89. The molecule has 0 saturated heterocycles. The Morgan fingerprint density at radius 3 is 2.43 bits per heavy atom. The molecule has 5 nitrogen and oxygen atoms in total. The highest BCUT2D eigenvalue weighted by Crippen LogP contribution is 2.06. The lowest BCUT2D eigenvalue weighted by atomic mass is 10.1. The maximum absolute atomic E-state index is 11.9. The maximum Gasteiger partial charge on any atom is 0.407 e. The van der Waals surface area contributed by atoms with E-state index < -0.39 is 6.09 Å². The van der Waals surface area contributed by atoms with Crippen LogP contribution in [0.2, 0.25) is 0 Å². The van der Waals surface area contributed by atoms with Crippen molar-refractivity contribution in [2.24, 2.45) is 5.92 Å². The number of amides is 1. The van der Waals surface area contributed by atoms with Gasteiger partial charge in [0, 0.05) is 6.42 Å². The van der Waals surface area contributed by atoms with E-state index in [0.717, 1.165) is 18.4 Å².